The zero-order chi connectivity index (χ0) is 37.5. The summed E-state index contributed by atoms with van der Waals surface area (Å²) in [6.45, 7) is 9.62. The van der Waals surface area contributed by atoms with E-state index in [1.807, 2.05) is 68.4 Å². The molecular formula is C40H49N5O7S. The number of nitrogens with one attached hydrogen (secondary N) is 2. The Labute approximate surface area is 311 Å². The number of benzene rings is 2. The van der Waals surface area contributed by atoms with Gasteiger partial charge in [0, 0.05) is 35.4 Å². The summed E-state index contributed by atoms with van der Waals surface area (Å²) in [5.74, 6) is -0.722. The first-order valence-electron chi connectivity index (χ1n) is 18.7. The van der Waals surface area contributed by atoms with Gasteiger partial charge in [-0.25, -0.2) is 13.4 Å². The molecule has 3 aromatic rings. The Bertz CT molecular complexity index is 2000. The van der Waals surface area contributed by atoms with Crippen molar-refractivity contribution >= 4 is 38.6 Å². The van der Waals surface area contributed by atoms with Gasteiger partial charge < -0.3 is 19.7 Å². The molecule has 2 aliphatic heterocycles. The van der Waals surface area contributed by atoms with Crippen LogP contribution in [-0.2, 0) is 24.4 Å². The lowest BCUT2D eigenvalue weighted by Crippen LogP contribution is -2.59. The maximum Gasteiger partial charge on any atom is 0.259 e. The topological polar surface area (TPSA) is 147 Å². The predicted molar refractivity (Wildman–Crippen MR) is 202 cm³/mol. The monoisotopic (exact) mass is 743 g/mol. The second kappa shape index (κ2) is 14.7. The molecule has 13 heteroatoms. The van der Waals surface area contributed by atoms with Crippen molar-refractivity contribution in [3.8, 4) is 22.8 Å². The van der Waals surface area contributed by atoms with Gasteiger partial charge in [0.2, 0.25) is 21.8 Å². The predicted octanol–water partition coefficient (Wildman–Crippen LogP) is 4.44. The molecule has 282 valence electrons. The van der Waals surface area contributed by atoms with E-state index in [1.165, 1.54) is 0 Å². The van der Waals surface area contributed by atoms with Crippen molar-refractivity contribution < 1.29 is 32.3 Å². The van der Waals surface area contributed by atoms with E-state index in [2.05, 4.69) is 21.5 Å². The van der Waals surface area contributed by atoms with Gasteiger partial charge in [-0.2, -0.15) is 0 Å². The molecule has 0 spiro atoms. The van der Waals surface area contributed by atoms with Crippen LogP contribution in [0.25, 0.3) is 22.2 Å². The standard InChI is InChI=1S/C40H49N5O7S/c1-5-27-23-40(27,39(48)43-53(49,50)30-15-16-30)42-37(46)34-21-29(24-45(34)38(47)36(25(2)3)44-18-10-7-11-19-44)52-35-22-32(26-12-8-6-9-13-26)41-33-20-28(51-4)14-17-31(33)35/h5-6,8-9,12-14,17,20,22,25,27,29-30,34,36H,1,7,10-11,15-16,18-19,21,23-24H2,2-4H3,(H,42,46)(H,43,48)/t27?,29-,34+,36?,40?/m1/s1. The van der Waals surface area contributed by atoms with Crippen LogP contribution in [-0.4, -0.2) is 96.6 Å². The molecule has 3 amide bonds. The Morgan fingerprint density at radius 3 is 2.42 bits per heavy atom. The summed E-state index contributed by atoms with van der Waals surface area (Å²) in [7, 11) is -2.25. The maximum atomic E-state index is 14.7. The van der Waals surface area contributed by atoms with Gasteiger partial charge in [0.1, 0.15) is 29.2 Å². The summed E-state index contributed by atoms with van der Waals surface area (Å²) >= 11 is 0. The number of pyridine rings is 1. The first kappa shape index (κ1) is 36.9. The Balaban J connectivity index is 1.21. The Morgan fingerprint density at radius 2 is 1.77 bits per heavy atom. The van der Waals surface area contributed by atoms with Crippen LogP contribution in [0, 0.1) is 11.8 Å². The largest absolute Gasteiger partial charge is 0.497 e. The van der Waals surface area contributed by atoms with E-state index in [4.69, 9.17) is 14.5 Å². The highest BCUT2D eigenvalue weighted by Crippen LogP contribution is 2.46. The van der Waals surface area contributed by atoms with Crippen LogP contribution < -0.4 is 19.5 Å². The summed E-state index contributed by atoms with van der Waals surface area (Å²) in [6.07, 6.45) is 5.47. The van der Waals surface area contributed by atoms with Crippen LogP contribution in [0.1, 0.15) is 58.8 Å². The quantitative estimate of drug-likeness (QED) is 0.243. The number of likely N-dealkylation sites (tertiary alicyclic amines) is 2. The average molecular weight is 744 g/mol. The molecule has 7 rings (SSSR count). The van der Waals surface area contributed by atoms with Crippen LogP contribution in [0.3, 0.4) is 0 Å². The van der Waals surface area contributed by atoms with Gasteiger partial charge in [-0.05, 0) is 63.2 Å². The van der Waals surface area contributed by atoms with E-state index in [0.717, 1.165) is 43.3 Å². The number of fused-ring (bicyclic) bond motifs is 1. The van der Waals surface area contributed by atoms with E-state index in [1.54, 1.807) is 18.1 Å². The minimum Gasteiger partial charge on any atom is -0.497 e. The molecule has 0 bridgehead atoms. The number of methoxy groups -OCH3 is 1. The van der Waals surface area contributed by atoms with Crippen molar-refractivity contribution in [3.63, 3.8) is 0 Å². The number of hydrogen-bond acceptors (Lipinski definition) is 9. The first-order chi connectivity index (χ1) is 25.4. The van der Waals surface area contributed by atoms with Crippen molar-refractivity contribution in [2.24, 2.45) is 11.8 Å². The van der Waals surface area contributed by atoms with E-state index in [9.17, 15) is 22.8 Å². The number of sulfonamides is 1. The number of hydrogen-bond donors (Lipinski definition) is 2. The summed E-state index contributed by atoms with van der Waals surface area (Å²) in [6, 6.07) is 15.8. The molecule has 1 aromatic heterocycles. The fourth-order valence-corrected chi connectivity index (χ4v) is 9.32. The van der Waals surface area contributed by atoms with Gasteiger partial charge in [-0.1, -0.05) is 56.7 Å². The number of carbonyl (C=O) groups is 3. The third kappa shape index (κ3) is 7.50. The molecule has 4 aliphatic rings. The van der Waals surface area contributed by atoms with Crippen LogP contribution in [0.5, 0.6) is 11.5 Å². The summed E-state index contributed by atoms with van der Waals surface area (Å²) in [5, 5.41) is 3.06. The number of aromatic nitrogens is 1. The Kier molecular flexibility index (Phi) is 10.2. The number of ether oxygens (including phenoxy) is 2. The zero-order valence-electron chi connectivity index (χ0n) is 30.6. The lowest BCUT2D eigenvalue weighted by Gasteiger charge is -2.39. The maximum absolute atomic E-state index is 14.7. The number of piperidine rings is 1. The minimum absolute atomic E-state index is 0.0184. The average Bonchev–Trinajstić information content (AvgIpc) is 4.08. The molecule has 4 fully saturated rings. The Morgan fingerprint density at radius 1 is 1.04 bits per heavy atom. The normalized spacial score (nSPS) is 25.1. The smallest absolute Gasteiger partial charge is 0.259 e. The van der Waals surface area contributed by atoms with E-state index in [-0.39, 0.29) is 31.2 Å². The second-order valence-corrected chi connectivity index (χ2v) is 17.2. The molecule has 2 aliphatic carbocycles. The second-order valence-electron chi connectivity index (χ2n) is 15.2. The van der Waals surface area contributed by atoms with E-state index >= 15 is 0 Å². The zero-order valence-corrected chi connectivity index (χ0v) is 31.4. The fourth-order valence-electron chi connectivity index (χ4n) is 7.96. The molecule has 2 saturated carbocycles. The van der Waals surface area contributed by atoms with Crippen molar-refractivity contribution in [3.05, 3.63) is 67.3 Å². The molecule has 2 N–H and O–H groups in total. The summed E-state index contributed by atoms with van der Waals surface area (Å²) in [5.41, 5.74) is 0.801. The van der Waals surface area contributed by atoms with Crippen LogP contribution in [0.2, 0.25) is 0 Å². The summed E-state index contributed by atoms with van der Waals surface area (Å²) in [4.78, 5) is 51.4. The fraction of sp³-hybridized carbons (Fsp3) is 0.500. The van der Waals surface area contributed by atoms with Gasteiger partial charge in [0.15, 0.2) is 0 Å². The van der Waals surface area contributed by atoms with Gasteiger partial charge in [0.25, 0.3) is 5.91 Å². The third-order valence-corrected chi connectivity index (χ3v) is 12.9. The third-order valence-electron chi connectivity index (χ3n) is 11.1. The minimum atomic E-state index is -3.85. The van der Waals surface area contributed by atoms with Crippen molar-refractivity contribution in [2.75, 3.05) is 26.7 Å². The SMILES string of the molecule is C=CC1CC1(NC(=O)[C@@H]1C[C@@H](Oc2cc(-c3ccccc3)nc3cc(OC)ccc23)CN1C(=O)C(C(C)C)N1CCCCC1)C(=O)NS(=O)(=O)C1CC1. The number of carbonyl (C=O) groups excluding carboxylic acids is 3. The lowest BCUT2D eigenvalue weighted by molar-refractivity contribution is -0.145. The van der Waals surface area contributed by atoms with Crippen LogP contribution in [0.15, 0.2) is 67.3 Å². The number of nitrogens with zero attached hydrogens (tertiary/aromatic N) is 3. The number of rotatable bonds is 13. The molecule has 2 saturated heterocycles. The molecule has 0 radical (unpaired) electrons. The van der Waals surface area contributed by atoms with Gasteiger partial charge in [0.05, 0.1) is 36.2 Å². The molecule has 12 nitrogen and oxygen atoms in total. The van der Waals surface area contributed by atoms with Crippen molar-refractivity contribution in [2.45, 2.75) is 87.8 Å². The van der Waals surface area contributed by atoms with Gasteiger partial charge in [-0.15, -0.1) is 6.58 Å². The molecule has 3 heterocycles. The molecular weight excluding hydrogens is 695 g/mol. The lowest BCUT2D eigenvalue weighted by atomic mass is 9.97. The summed E-state index contributed by atoms with van der Waals surface area (Å²) < 4.78 is 40.0. The van der Waals surface area contributed by atoms with E-state index in [0.29, 0.717) is 35.6 Å². The molecule has 2 aromatic carbocycles. The highest BCUT2D eigenvalue weighted by atomic mass is 32.2. The van der Waals surface area contributed by atoms with Gasteiger partial charge >= 0.3 is 0 Å². The van der Waals surface area contributed by atoms with Crippen LogP contribution in [0.4, 0.5) is 0 Å². The van der Waals surface area contributed by atoms with Gasteiger partial charge in [-0.3, -0.25) is 24.0 Å². The van der Waals surface area contributed by atoms with E-state index < -0.39 is 56.7 Å². The molecule has 5 atom stereocenters. The van der Waals surface area contributed by atoms with Crippen molar-refractivity contribution in [1.29, 1.82) is 0 Å². The highest BCUT2D eigenvalue weighted by Gasteiger charge is 2.62. The number of amides is 3. The first-order valence-corrected chi connectivity index (χ1v) is 20.2. The van der Waals surface area contributed by atoms with Crippen LogP contribution >= 0.6 is 0 Å². The highest BCUT2D eigenvalue weighted by molar-refractivity contribution is 7.91. The Hall–Kier alpha value is -4.49. The molecule has 3 unspecified atom stereocenters. The van der Waals surface area contributed by atoms with Crippen molar-refractivity contribution in [1.82, 2.24) is 24.8 Å². The molecule has 53 heavy (non-hydrogen) atoms.